The summed E-state index contributed by atoms with van der Waals surface area (Å²) in [5.41, 5.74) is -0.781. The van der Waals surface area contributed by atoms with Crippen molar-refractivity contribution in [3.63, 3.8) is 0 Å². The lowest BCUT2D eigenvalue weighted by Gasteiger charge is -2.21. The number of nitrogens with one attached hydrogen (secondary N) is 1. The standard InChI is InChI=1S/C31H60O2.C2H7N/c1-5-7-9-11-13-15-17-19-21-23-25-27-29(32)31(3,4)30(33)28-26-24-22-20-18-16-14-12-10-8-6-2;1-3-2/h5-28H2,1-4H3;3H,1-2H3. The van der Waals surface area contributed by atoms with Crippen LogP contribution in [0.1, 0.15) is 182 Å². The molecular formula is C33H67NO2. The van der Waals surface area contributed by atoms with Crippen molar-refractivity contribution >= 4 is 11.6 Å². The molecule has 0 saturated carbocycles. The van der Waals surface area contributed by atoms with E-state index in [2.05, 4.69) is 19.2 Å². The lowest BCUT2D eigenvalue weighted by molar-refractivity contribution is -0.138. The van der Waals surface area contributed by atoms with Crippen LogP contribution in [0.15, 0.2) is 0 Å². The Morgan fingerprint density at radius 1 is 0.444 bits per heavy atom. The van der Waals surface area contributed by atoms with Crippen LogP contribution in [-0.4, -0.2) is 25.7 Å². The van der Waals surface area contributed by atoms with Crippen molar-refractivity contribution in [3.05, 3.63) is 0 Å². The van der Waals surface area contributed by atoms with Crippen LogP contribution in [0.25, 0.3) is 0 Å². The summed E-state index contributed by atoms with van der Waals surface area (Å²) < 4.78 is 0. The first-order valence-electron chi connectivity index (χ1n) is 16.0. The summed E-state index contributed by atoms with van der Waals surface area (Å²) in [5, 5.41) is 2.75. The predicted molar refractivity (Wildman–Crippen MR) is 161 cm³/mol. The molecule has 0 aromatic carbocycles. The van der Waals surface area contributed by atoms with Gasteiger partial charge in [-0.15, -0.1) is 0 Å². The Labute approximate surface area is 227 Å². The number of Topliss-reactive ketones (excluding diaryl/α,β-unsaturated/α-hetero) is 2. The monoisotopic (exact) mass is 510 g/mol. The number of carbonyl (C=O) groups excluding carboxylic acids is 2. The third-order valence-corrected chi connectivity index (χ3v) is 7.41. The second-order valence-electron chi connectivity index (χ2n) is 11.5. The van der Waals surface area contributed by atoms with Gasteiger partial charge in [0.1, 0.15) is 11.6 Å². The van der Waals surface area contributed by atoms with Crippen LogP contribution in [0.4, 0.5) is 0 Å². The van der Waals surface area contributed by atoms with Crippen LogP contribution < -0.4 is 5.32 Å². The van der Waals surface area contributed by atoms with Crippen molar-refractivity contribution < 1.29 is 9.59 Å². The van der Waals surface area contributed by atoms with Crippen LogP contribution in [0.2, 0.25) is 0 Å². The Morgan fingerprint density at radius 2 is 0.639 bits per heavy atom. The zero-order valence-corrected chi connectivity index (χ0v) is 25.8. The first-order valence-corrected chi connectivity index (χ1v) is 16.0. The normalized spacial score (nSPS) is 11.3. The molecule has 0 bridgehead atoms. The fourth-order valence-electron chi connectivity index (χ4n) is 4.68. The molecule has 0 radical (unpaired) electrons. The zero-order valence-electron chi connectivity index (χ0n) is 25.8. The Bertz CT molecular complexity index is 432. The molecule has 0 aliphatic rings. The SMILES string of the molecule is CCCCCCCCCCCCCC(=O)C(C)(C)C(=O)CCCCCCCCCCCCC.CNC. The number of hydrogen-bond donors (Lipinski definition) is 1. The van der Waals surface area contributed by atoms with E-state index in [4.69, 9.17) is 0 Å². The molecule has 0 unspecified atom stereocenters. The Kier molecular flexibility index (Phi) is 30.0. The second kappa shape index (κ2) is 28.9. The maximum absolute atomic E-state index is 12.6. The molecule has 1 N–H and O–H groups in total. The topological polar surface area (TPSA) is 46.2 Å². The van der Waals surface area contributed by atoms with Gasteiger partial charge in [-0.25, -0.2) is 0 Å². The predicted octanol–water partition coefficient (Wildman–Crippen LogP) is 10.4. The number of hydrogen-bond acceptors (Lipinski definition) is 3. The van der Waals surface area contributed by atoms with E-state index in [9.17, 15) is 9.59 Å². The van der Waals surface area contributed by atoms with Crippen molar-refractivity contribution in [1.82, 2.24) is 5.32 Å². The van der Waals surface area contributed by atoms with Crippen LogP contribution in [-0.2, 0) is 9.59 Å². The van der Waals surface area contributed by atoms with Crippen molar-refractivity contribution in [1.29, 1.82) is 0 Å². The summed E-state index contributed by atoms with van der Waals surface area (Å²) in [6.45, 7) is 8.24. The third-order valence-electron chi connectivity index (χ3n) is 7.41. The highest BCUT2D eigenvalue weighted by molar-refractivity contribution is 6.06. The number of ketones is 2. The van der Waals surface area contributed by atoms with E-state index in [1.807, 2.05) is 27.9 Å². The maximum Gasteiger partial charge on any atom is 0.145 e. The van der Waals surface area contributed by atoms with Gasteiger partial charge in [-0.3, -0.25) is 9.59 Å². The molecule has 0 aromatic rings. The molecule has 3 nitrogen and oxygen atoms in total. The smallest absolute Gasteiger partial charge is 0.145 e. The van der Waals surface area contributed by atoms with Crippen molar-refractivity contribution in [2.24, 2.45) is 5.41 Å². The molecule has 0 atom stereocenters. The van der Waals surface area contributed by atoms with Gasteiger partial charge in [0.15, 0.2) is 0 Å². The molecule has 216 valence electrons. The highest BCUT2D eigenvalue weighted by Crippen LogP contribution is 2.25. The minimum Gasteiger partial charge on any atom is -0.323 e. The van der Waals surface area contributed by atoms with E-state index in [1.54, 1.807) is 0 Å². The van der Waals surface area contributed by atoms with Gasteiger partial charge < -0.3 is 5.32 Å². The quantitative estimate of drug-likeness (QED) is 0.0931. The molecule has 0 aliphatic carbocycles. The molecule has 3 heteroatoms. The molecule has 36 heavy (non-hydrogen) atoms. The van der Waals surface area contributed by atoms with E-state index in [-0.39, 0.29) is 11.6 Å². The van der Waals surface area contributed by atoms with Gasteiger partial charge in [0.2, 0.25) is 0 Å². The zero-order chi connectivity index (χ0) is 27.3. The Hall–Kier alpha value is -0.700. The second-order valence-corrected chi connectivity index (χ2v) is 11.5. The van der Waals surface area contributed by atoms with Crippen LogP contribution in [0.3, 0.4) is 0 Å². The molecule has 0 saturated heterocycles. The van der Waals surface area contributed by atoms with Crippen molar-refractivity contribution in [2.45, 2.75) is 182 Å². The van der Waals surface area contributed by atoms with Crippen LogP contribution >= 0.6 is 0 Å². The van der Waals surface area contributed by atoms with Crippen molar-refractivity contribution in [2.75, 3.05) is 14.1 Å². The molecule has 0 aromatic heterocycles. The Balaban J connectivity index is 0. The lowest BCUT2D eigenvalue weighted by atomic mass is 9.79. The maximum atomic E-state index is 12.6. The highest BCUT2D eigenvalue weighted by atomic mass is 16.2. The van der Waals surface area contributed by atoms with Gasteiger partial charge in [0.25, 0.3) is 0 Å². The number of unbranched alkanes of at least 4 members (excludes halogenated alkanes) is 20. The highest BCUT2D eigenvalue weighted by Gasteiger charge is 2.33. The van der Waals surface area contributed by atoms with E-state index >= 15 is 0 Å². The van der Waals surface area contributed by atoms with E-state index in [0.29, 0.717) is 12.8 Å². The third kappa shape index (κ3) is 25.0. The van der Waals surface area contributed by atoms with Gasteiger partial charge in [0, 0.05) is 12.8 Å². The minimum absolute atomic E-state index is 0.159. The van der Waals surface area contributed by atoms with Gasteiger partial charge in [0.05, 0.1) is 5.41 Å². The summed E-state index contributed by atoms with van der Waals surface area (Å²) in [6, 6.07) is 0. The van der Waals surface area contributed by atoms with Crippen LogP contribution in [0.5, 0.6) is 0 Å². The van der Waals surface area contributed by atoms with E-state index in [1.165, 1.54) is 116 Å². The summed E-state index contributed by atoms with van der Waals surface area (Å²) in [6.07, 6.45) is 29.5. The van der Waals surface area contributed by atoms with Gasteiger partial charge in [-0.05, 0) is 40.8 Å². The Morgan fingerprint density at radius 3 is 0.861 bits per heavy atom. The van der Waals surface area contributed by atoms with Gasteiger partial charge in [-0.2, -0.15) is 0 Å². The molecule has 0 fully saturated rings. The summed E-state index contributed by atoms with van der Waals surface area (Å²) in [5.74, 6) is 0.318. The molecule has 0 heterocycles. The first-order chi connectivity index (χ1) is 17.4. The van der Waals surface area contributed by atoms with Gasteiger partial charge in [-0.1, -0.05) is 142 Å². The molecule has 0 rings (SSSR count). The average Bonchev–Trinajstić information content (AvgIpc) is 2.86. The fourth-order valence-corrected chi connectivity index (χ4v) is 4.68. The summed E-state index contributed by atoms with van der Waals surface area (Å²) in [7, 11) is 3.75. The van der Waals surface area contributed by atoms with Crippen molar-refractivity contribution in [3.8, 4) is 0 Å². The lowest BCUT2D eigenvalue weighted by Crippen LogP contribution is -2.33. The van der Waals surface area contributed by atoms with Crippen LogP contribution in [0, 0.1) is 5.41 Å². The number of rotatable bonds is 26. The van der Waals surface area contributed by atoms with E-state index < -0.39 is 5.41 Å². The fraction of sp³-hybridized carbons (Fsp3) is 0.939. The number of carbonyl (C=O) groups is 2. The average molecular weight is 510 g/mol. The summed E-state index contributed by atoms with van der Waals surface area (Å²) in [4.78, 5) is 25.3. The first kappa shape index (κ1) is 37.5. The summed E-state index contributed by atoms with van der Waals surface area (Å²) >= 11 is 0. The molecule has 0 amide bonds. The molecule has 0 spiro atoms. The minimum atomic E-state index is -0.781. The van der Waals surface area contributed by atoms with Gasteiger partial charge >= 0.3 is 0 Å². The molecule has 0 aliphatic heterocycles. The molecular weight excluding hydrogens is 442 g/mol. The largest absolute Gasteiger partial charge is 0.323 e. The van der Waals surface area contributed by atoms with E-state index in [0.717, 1.165) is 25.7 Å².